The van der Waals surface area contributed by atoms with Crippen LogP contribution in [-0.2, 0) is 14.3 Å². The SMILES string of the molecule is CCOC(=O)[C@H](CC(C)C)NC(=O)C=Cc1ccccc1. The second-order valence-electron chi connectivity index (χ2n) is 5.19. The molecular formula is C17H23NO3. The molecule has 0 aliphatic rings. The van der Waals surface area contributed by atoms with Crippen molar-refractivity contribution in [3.8, 4) is 0 Å². The first-order chi connectivity index (χ1) is 10.0. The number of amides is 1. The van der Waals surface area contributed by atoms with Crippen LogP contribution in [0.3, 0.4) is 0 Å². The highest BCUT2D eigenvalue weighted by Crippen LogP contribution is 2.07. The Morgan fingerprint density at radius 1 is 1.24 bits per heavy atom. The molecule has 114 valence electrons. The summed E-state index contributed by atoms with van der Waals surface area (Å²) >= 11 is 0. The number of rotatable bonds is 7. The van der Waals surface area contributed by atoms with Crippen LogP contribution in [0.25, 0.3) is 6.08 Å². The van der Waals surface area contributed by atoms with Crippen LogP contribution in [0.4, 0.5) is 0 Å². The van der Waals surface area contributed by atoms with Crippen molar-refractivity contribution >= 4 is 18.0 Å². The second-order valence-corrected chi connectivity index (χ2v) is 5.19. The standard InChI is InChI=1S/C17H23NO3/c1-4-21-17(20)15(12-13(2)3)18-16(19)11-10-14-8-6-5-7-9-14/h5-11,13,15H,4,12H2,1-3H3,(H,18,19)/t15-/m0/s1. The Morgan fingerprint density at radius 3 is 2.48 bits per heavy atom. The van der Waals surface area contributed by atoms with Gasteiger partial charge in [-0.1, -0.05) is 44.2 Å². The number of carbonyl (C=O) groups excluding carboxylic acids is 2. The summed E-state index contributed by atoms with van der Waals surface area (Å²) in [5.74, 6) is -0.386. The van der Waals surface area contributed by atoms with Crippen molar-refractivity contribution in [3.05, 3.63) is 42.0 Å². The number of nitrogens with one attached hydrogen (secondary N) is 1. The minimum Gasteiger partial charge on any atom is -0.464 e. The summed E-state index contributed by atoms with van der Waals surface area (Å²) < 4.78 is 4.99. The summed E-state index contributed by atoms with van der Waals surface area (Å²) in [5.41, 5.74) is 0.934. The van der Waals surface area contributed by atoms with E-state index in [0.29, 0.717) is 13.0 Å². The van der Waals surface area contributed by atoms with E-state index in [1.807, 2.05) is 44.2 Å². The first-order valence-electron chi connectivity index (χ1n) is 7.23. The third-order valence-electron chi connectivity index (χ3n) is 2.82. The smallest absolute Gasteiger partial charge is 0.328 e. The van der Waals surface area contributed by atoms with Crippen molar-refractivity contribution in [2.75, 3.05) is 6.61 Å². The zero-order chi connectivity index (χ0) is 15.7. The normalized spacial score (nSPS) is 12.4. The molecule has 0 bridgehead atoms. The summed E-state index contributed by atoms with van der Waals surface area (Å²) in [5, 5.41) is 2.70. The molecule has 0 spiro atoms. The van der Waals surface area contributed by atoms with E-state index in [2.05, 4.69) is 5.32 Å². The topological polar surface area (TPSA) is 55.4 Å². The highest BCUT2D eigenvalue weighted by Gasteiger charge is 2.22. The first-order valence-corrected chi connectivity index (χ1v) is 7.23. The van der Waals surface area contributed by atoms with Crippen LogP contribution in [0.1, 0.15) is 32.8 Å². The maximum atomic E-state index is 11.9. The Balaban J connectivity index is 2.63. The molecule has 1 aromatic rings. The molecule has 0 heterocycles. The molecule has 1 N–H and O–H groups in total. The number of ether oxygens (including phenoxy) is 1. The average Bonchev–Trinajstić information content (AvgIpc) is 2.45. The Hall–Kier alpha value is -2.10. The predicted octanol–water partition coefficient (Wildman–Crippen LogP) is 2.79. The lowest BCUT2D eigenvalue weighted by Gasteiger charge is -2.18. The Kier molecular flexibility index (Phi) is 7.23. The highest BCUT2D eigenvalue weighted by atomic mass is 16.5. The van der Waals surface area contributed by atoms with Gasteiger partial charge in [0.05, 0.1) is 6.61 Å². The summed E-state index contributed by atoms with van der Waals surface area (Å²) in [6.45, 7) is 6.06. The molecule has 0 unspecified atom stereocenters. The maximum Gasteiger partial charge on any atom is 0.328 e. The van der Waals surface area contributed by atoms with Crippen molar-refractivity contribution in [2.24, 2.45) is 5.92 Å². The van der Waals surface area contributed by atoms with Crippen molar-refractivity contribution in [1.29, 1.82) is 0 Å². The third-order valence-corrected chi connectivity index (χ3v) is 2.82. The van der Waals surface area contributed by atoms with Crippen LogP contribution in [0.15, 0.2) is 36.4 Å². The van der Waals surface area contributed by atoms with E-state index in [9.17, 15) is 9.59 Å². The fourth-order valence-electron chi connectivity index (χ4n) is 1.88. The van der Waals surface area contributed by atoms with E-state index in [1.54, 1.807) is 13.0 Å². The van der Waals surface area contributed by atoms with Gasteiger partial charge in [0.25, 0.3) is 0 Å². The minimum atomic E-state index is -0.599. The molecule has 1 amide bonds. The van der Waals surface area contributed by atoms with Gasteiger partial charge in [-0.05, 0) is 30.9 Å². The lowest BCUT2D eigenvalue weighted by molar-refractivity contribution is -0.147. The molecule has 0 fully saturated rings. The monoisotopic (exact) mass is 289 g/mol. The van der Waals surface area contributed by atoms with Crippen LogP contribution in [0, 0.1) is 5.92 Å². The van der Waals surface area contributed by atoms with Crippen molar-refractivity contribution in [1.82, 2.24) is 5.32 Å². The number of benzene rings is 1. The summed E-state index contributed by atoms with van der Waals surface area (Å²) in [7, 11) is 0. The molecule has 0 aliphatic carbocycles. The summed E-state index contributed by atoms with van der Waals surface area (Å²) in [6, 6.07) is 8.92. The van der Waals surface area contributed by atoms with E-state index >= 15 is 0 Å². The second kappa shape index (κ2) is 8.95. The van der Waals surface area contributed by atoms with Crippen molar-refractivity contribution in [2.45, 2.75) is 33.2 Å². The summed E-state index contributed by atoms with van der Waals surface area (Å²) in [6.07, 6.45) is 3.71. The Morgan fingerprint density at radius 2 is 1.90 bits per heavy atom. The van der Waals surface area contributed by atoms with Gasteiger partial charge in [-0.15, -0.1) is 0 Å². The van der Waals surface area contributed by atoms with Gasteiger partial charge in [0.15, 0.2) is 0 Å². The molecule has 21 heavy (non-hydrogen) atoms. The van der Waals surface area contributed by atoms with Gasteiger partial charge in [-0.3, -0.25) is 4.79 Å². The largest absolute Gasteiger partial charge is 0.464 e. The molecule has 0 saturated carbocycles. The highest BCUT2D eigenvalue weighted by molar-refractivity contribution is 5.94. The van der Waals surface area contributed by atoms with Gasteiger partial charge in [0.2, 0.25) is 5.91 Å². The molecule has 0 radical (unpaired) electrons. The van der Waals surface area contributed by atoms with Crippen LogP contribution in [0.2, 0.25) is 0 Å². The van der Waals surface area contributed by atoms with Gasteiger partial charge < -0.3 is 10.1 Å². The quantitative estimate of drug-likeness (QED) is 0.620. The molecule has 0 saturated heterocycles. The Bertz CT molecular complexity index is 480. The van der Waals surface area contributed by atoms with Gasteiger partial charge >= 0.3 is 5.97 Å². The molecule has 0 aromatic heterocycles. The molecule has 1 atom stereocenters. The number of carbonyl (C=O) groups is 2. The van der Waals surface area contributed by atoms with Crippen LogP contribution in [0.5, 0.6) is 0 Å². The first kappa shape index (κ1) is 17.0. The minimum absolute atomic E-state index is 0.290. The number of esters is 1. The predicted molar refractivity (Wildman–Crippen MR) is 83.5 cm³/mol. The molecule has 4 nitrogen and oxygen atoms in total. The molecule has 1 rings (SSSR count). The van der Waals surface area contributed by atoms with E-state index in [0.717, 1.165) is 5.56 Å². The molecule has 1 aromatic carbocycles. The lowest BCUT2D eigenvalue weighted by atomic mass is 10.0. The molecular weight excluding hydrogens is 266 g/mol. The van der Waals surface area contributed by atoms with Crippen LogP contribution >= 0.6 is 0 Å². The van der Waals surface area contributed by atoms with E-state index in [-0.39, 0.29) is 17.8 Å². The fraction of sp³-hybridized carbons (Fsp3) is 0.412. The van der Waals surface area contributed by atoms with Gasteiger partial charge in [-0.2, -0.15) is 0 Å². The van der Waals surface area contributed by atoms with Crippen LogP contribution < -0.4 is 5.32 Å². The van der Waals surface area contributed by atoms with E-state index in [4.69, 9.17) is 4.74 Å². The van der Waals surface area contributed by atoms with Gasteiger partial charge in [0.1, 0.15) is 6.04 Å². The van der Waals surface area contributed by atoms with Gasteiger partial charge in [-0.25, -0.2) is 4.79 Å². The molecule has 4 heteroatoms. The number of hydrogen-bond acceptors (Lipinski definition) is 3. The summed E-state index contributed by atoms with van der Waals surface area (Å²) in [4.78, 5) is 23.7. The van der Waals surface area contributed by atoms with Gasteiger partial charge in [0, 0.05) is 6.08 Å². The van der Waals surface area contributed by atoms with Crippen molar-refractivity contribution < 1.29 is 14.3 Å². The fourth-order valence-corrected chi connectivity index (χ4v) is 1.88. The van der Waals surface area contributed by atoms with E-state index in [1.165, 1.54) is 6.08 Å². The zero-order valence-corrected chi connectivity index (χ0v) is 12.8. The third kappa shape index (κ3) is 6.75. The molecule has 0 aliphatic heterocycles. The van der Waals surface area contributed by atoms with Crippen molar-refractivity contribution in [3.63, 3.8) is 0 Å². The zero-order valence-electron chi connectivity index (χ0n) is 12.8. The number of hydrogen-bond donors (Lipinski definition) is 1. The Labute approximate surface area is 126 Å². The average molecular weight is 289 g/mol. The lowest BCUT2D eigenvalue weighted by Crippen LogP contribution is -2.42. The maximum absolute atomic E-state index is 11.9. The van der Waals surface area contributed by atoms with E-state index < -0.39 is 6.04 Å². The van der Waals surface area contributed by atoms with Crippen LogP contribution in [-0.4, -0.2) is 24.5 Å².